The fourth-order valence-electron chi connectivity index (χ4n) is 1.71. The Morgan fingerprint density at radius 1 is 1.41 bits per heavy atom. The van der Waals surface area contributed by atoms with Crippen LogP contribution >= 0.6 is 0 Å². The van der Waals surface area contributed by atoms with Crippen molar-refractivity contribution in [1.82, 2.24) is 5.32 Å². The number of hydrogen-bond acceptors (Lipinski definition) is 4. The van der Waals surface area contributed by atoms with Crippen LogP contribution in [0.15, 0.2) is 0 Å². The summed E-state index contributed by atoms with van der Waals surface area (Å²) in [6.07, 6.45) is 0.832. The Balaban J connectivity index is 2.53. The maximum Gasteiger partial charge on any atom is 0.407 e. The van der Waals surface area contributed by atoms with Gasteiger partial charge in [-0.25, -0.2) is 4.79 Å². The standard InChI is InChI=1S/C12H20N2O3/c1-12(2,3)17-11(15)14-10-5-7-16-6-4-9(10)8-13/h9-10H,4-7H2,1-3H3,(H,14,15)/t9-,10-/m1/s1. The van der Waals surface area contributed by atoms with Gasteiger partial charge in [-0.1, -0.05) is 0 Å². The van der Waals surface area contributed by atoms with Gasteiger partial charge in [0.2, 0.25) is 0 Å². The molecule has 5 nitrogen and oxygen atoms in total. The minimum absolute atomic E-state index is 0.183. The van der Waals surface area contributed by atoms with Crippen molar-refractivity contribution in [3.63, 3.8) is 0 Å². The van der Waals surface area contributed by atoms with Gasteiger partial charge in [0.05, 0.1) is 18.0 Å². The van der Waals surface area contributed by atoms with E-state index in [0.717, 1.165) is 0 Å². The third-order valence-corrected chi connectivity index (χ3v) is 2.50. The van der Waals surface area contributed by atoms with Crippen molar-refractivity contribution in [2.24, 2.45) is 5.92 Å². The second-order valence-corrected chi connectivity index (χ2v) is 5.18. The first-order valence-electron chi connectivity index (χ1n) is 5.89. The number of alkyl carbamates (subject to hydrolysis) is 1. The maximum atomic E-state index is 11.6. The summed E-state index contributed by atoms with van der Waals surface area (Å²) >= 11 is 0. The van der Waals surface area contributed by atoms with Crippen LogP contribution in [-0.4, -0.2) is 30.9 Å². The molecule has 0 radical (unpaired) electrons. The first-order chi connectivity index (χ1) is 7.92. The molecule has 0 saturated carbocycles. The summed E-state index contributed by atoms with van der Waals surface area (Å²) in [5.41, 5.74) is -0.520. The molecular weight excluding hydrogens is 220 g/mol. The predicted octanol–water partition coefficient (Wildman–Crippen LogP) is 1.83. The molecule has 0 aromatic rings. The van der Waals surface area contributed by atoms with E-state index >= 15 is 0 Å². The molecule has 2 atom stereocenters. The molecule has 0 spiro atoms. The lowest BCUT2D eigenvalue weighted by atomic mass is 9.97. The summed E-state index contributed by atoms with van der Waals surface area (Å²) in [6, 6.07) is 2.03. The van der Waals surface area contributed by atoms with Gasteiger partial charge in [-0.3, -0.25) is 0 Å². The van der Waals surface area contributed by atoms with E-state index < -0.39 is 11.7 Å². The molecule has 1 N–H and O–H groups in total. The average Bonchev–Trinajstić information content (AvgIpc) is 2.39. The van der Waals surface area contributed by atoms with Crippen molar-refractivity contribution >= 4 is 6.09 Å². The number of amides is 1. The van der Waals surface area contributed by atoms with Crippen LogP contribution in [0.25, 0.3) is 0 Å². The zero-order valence-corrected chi connectivity index (χ0v) is 10.7. The van der Waals surface area contributed by atoms with Crippen molar-refractivity contribution in [3.8, 4) is 6.07 Å². The molecule has 5 heteroatoms. The van der Waals surface area contributed by atoms with Crippen LogP contribution in [0.3, 0.4) is 0 Å². The summed E-state index contributed by atoms with van der Waals surface area (Å²) in [5, 5.41) is 11.8. The fourth-order valence-corrected chi connectivity index (χ4v) is 1.71. The summed E-state index contributed by atoms with van der Waals surface area (Å²) in [5.74, 6) is -0.204. The lowest BCUT2D eigenvalue weighted by Gasteiger charge is -2.24. The van der Waals surface area contributed by atoms with E-state index in [4.69, 9.17) is 14.7 Å². The van der Waals surface area contributed by atoms with Crippen LogP contribution in [0, 0.1) is 17.2 Å². The fraction of sp³-hybridized carbons (Fsp3) is 0.833. The minimum Gasteiger partial charge on any atom is -0.444 e. The molecule has 0 aromatic heterocycles. The highest BCUT2D eigenvalue weighted by molar-refractivity contribution is 5.68. The number of ether oxygens (including phenoxy) is 2. The third-order valence-electron chi connectivity index (χ3n) is 2.50. The van der Waals surface area contributed by atoms with Gasteiger partial charge >= 0.3 is 6.09 Å². The van der Waals surface area contributed by atoms with E-state index in [1.807, 2.05) is 20.8 Å². The van der Waals surface area contributed by atoms with Gasteiger partial charge in [-0.2, -0.15) is 5.26 Å². The van der Waals surface area contributed by atoms with E-state index in [2.05, 4.69) is 11.4 Å². The highest BCUT2D eigenvalue weighted by atomic mass is 16.6. The van der Waals surface area contributed by atoms with E-state index in [1.165, 1.54) is 0 Å². The monoisotopic (exact) mass is 240 g/mol. The second-order valence-electron chi connectivity index (χ2n) is 5.18. The van der Waals surface area contributed by atoms with Crippen LogP contribution in [0.4, 0.5) is 4.79 Å². The Hall–Kier alpha value is -1.28. The van der Waals surface area contributed by atoms with Gasteiger partial charge in [0.15, 0.2) is 0 Å². The number of nitrogens with one attached hydrogen (secondary N) is 1. The zero-order chi connectivity index (χ0) is 12.9. The Morgan fingerprint density at radius 3 is 2.65 bits per heavy atom. The van der Waals surface area contributed by atoms with Crippen molar-refractivity contribution in [3.05, 3.63) is 0 Å². The Morgan fingerprint density at radius 2 is 2.06 bits per heavy atom. The van der Waals surface area contributed by atoms with Crippen LogP contribution in [0.2, 0.25) is 0 Å². The predicted molar refractivity (Wildman–Crippen MR) is 62.3 cm³/mol. The molecule has 1 aliphatic heterocycles. The number of nitriles is 1. The Kier molecular flexibility index (Phi) is 4.76. The molecule has 0 aromatic carbocycles. The highest BCUT2D eigenvalue weighted by Gasteiger charge is 2.27. The molecule has 1 saturated heterocycles. The van der Waals surface area contributed by atoms with E-state index in [0.29, 0.717) is 26.1 Å². The molecule has 0 bridgehead atoms. The van der Waals surface area contributed by atoms with Crippen LogP contribution in [0.5, 0.6) is 0 Å². The molecule has 17 heavy (non-hydrogen) atoms. The van der Waals surface area contributed by atoms with Crippen molar-refractivity contribution in [2.45, 2.75) is 45.3 Å². The minimum atomic E-state index is -0.520. The number of nitrogens with zero attached hydrogens (tertiary/aromatic N) is 1. The summed E-state index contributed by atoms with van der Waals surface area (Å²) in [4.78, 5) is 11.6. The number of carbonyl (C=O) groups excluding carboxylic acids is 1. The molecule has 96 valence electrons. The largest absolute Gasteiger partial charge is 0.444 e. The van der Waals surface area contributed by atoms with Crippen molar-refractivity contribution < 1.29 is 14.3 Å². The maximum absolute atomic E-state index is 11.6. The highest BCUT2D eigenvalue weighted by Crippen LogP contribution is 2.16. The van der Waals surface area contributed by atoms with E-state index in [-0.39, 0.29) is 12.0 Å². The first-order valence-corrected chi connectivity index (χ1v) is 5.89. The van der Waals surface area contributed by atoms with Crippen LogP contribution in [0.1, 0.15) is 33.6 Å². The summed E-state index contributed by atoms with van der Waals surface area (Å²) in [7, 11) is 0. The van der Waals surface area contributed by atoms with E-state index in [1.54, 1.807) is 0 Å². The smallest absolute Gasteiger partial charge is 0.407 e. The molecule has 1 heterocycles. The van der Waals surface area contributed by atoms with Crippen LogP contribution in [-0.2, 0) is 9.47 Å². The number of carbonyl (C=O) groups is 1. The number of hydrogen-bond donors (Lipinski definition) is 1. The zero-order valence-electron chi connectivity index (χ0n) is 10.7. The molecule has 0 unspecified atom stereocenters. The van der Waals surface area contributed by atoms with Gasteiger partial charge in [-0.15, -0.1) is 0 Å². The van der Waals surface area contributed by atoms with E-state index in [9.17, 15) is 4.79 Å². The summed E-state index contributed by atoms with van der Waals surface area (Å²) < 4.78 is 10.5. The van der Waals surface area contributed by atoms with Gasteiger partial charge in [-0.05, 0) is 33.6 Å². The molecule has 1 amide bonds. The molecule has 0 aliphatic carbocycles. The topological polar surface area (TPSA) is 71.3 Å². The van der Waals surface area contributed by atoms with Gasteiger partial charge < -0.3 is 14.8 Å². The Labute approximate surface area is 102 Å². The number of rotatable bonds is 1. The first kappa shape index (κ1) is 13.8. The quantitative estimate of drug-likeness (QED) is 0.759. The molecule has 1 fully saturated rings. The van der Waals surface area contributed by atoms with Crippen molar-refractivity contribution in [1.29, 1.82) is 5.26 Å². The lowest BCUT2D eigenvalue weighted by molar-refractivity contribution is 0.0490. The van der Waals surface area contributed by atoms with Gasteiger partial charge in [0.1, 0.15) is 5.60 Å². The lowest BCUT2D eigenvalue weighted by Crippen LogP contribution is -2.42. The normalized spacial score (nSPS) is 25.5. The average molecular weight is 240 g/mol. The Bertz CT molecular complexity index is 304. The van der Waals surface area contributed by atoms with Crippen molar-refractivity contribution in [2.75, 3.05) is 13.2 Å². The SMILES string of the molecule is CC(C)(C)OC(=O)N[C@@H]1CCOCC[C@@H]1C#N. The summed E-state index contributed by atoms with van der Waals surface area (Å²) in [6.45, 7) is 6.57. The van der Waals surface area contributed by atoms with Crippen LogP contribution < -0.4 is 5.32 Å². The molecular formula is C12H20N2O3. The second kappa shape index (κ2) is 5.87. The molecule has 1 aliphatic rings. The van der Waals surface area contributed by atoms with Gasteiger partial charge in [0, 0.05) is 13.2 Å². The molecule has 1 rings (SSSR count). The van der Waals surface area contributed by atoms with Gasteiger partial charge in [0.25, 0.3) is 0 Å². The third kappa shape index (κ3) is 5.05.